The molecule has 0 fully saturated rings. The highest BCUT2D eigenvalue weighted by Crippen LogP contribution is 2.34. The second-order valence-electron chi connectivity index (χ2n) is 5.75. The molecular weight excluding hydrogens is 411 g/mol. The molecule has 1 rings (SSSR count). The van der Waals surface area contributed by atoms with Crippen LogP contribution in [0.4, 0.5) is 0 Å². The van der Waals surface area contributed by atoms with Crippen LogP contribution in [0.1, 0.15) is 82.1 Å². The van der Waals surface area contributed by atoms with Crippen molar-refractivity contribution >= 4 is 43.5 Å². The SMILES string of the molecule is CCCCCCCCCCCC(Cl)c1cc(Br)ccc1Br. The Morgan fingerprint density at radius 3 is 2.10 bits per heavy atom. The van der Waals surface area contributed by atoms with E-state index < -0.39 is 0 Å². The van der Waals surface area contributed by atoms with Gasteiger partial charge in [0.25, 0.3) is 0 Å². The second kappa shape index (κ2) is 12.0. The molecule has 0 saturated carbocycles. The van der Waals surface area contributed by atoms with Crippen molar-refractivity contribution in [2.24, 2.45) is 0 Å². The molecule has 1 atom stereocenters. The van der Waals surface area contributed by atoms with Gasteiger partial charge in [0.2, 0.25) is 0 Å². The quantitative estimate of drug-likeness (QED) is 0.240. The van der Waals surface area contributed by atoms with Crippen molar-refractivity contribution in [3.63, 3.8) is 0 Å². The van der Waals surface area contributed by atoms with Crippen molar-refractivity contribution in [1.29, 1.82) is 0 Å². The molecule has 0 heterocycles. The molecule has 1 aromatic carbocycles. The first-order chi connectivity index (χ1) is 10.1. The molecule has 1 unspecified atom stereocenters. The molecule has 21 heavy (non-hydrogen) atoms. The Morgan fingerprint density at radius 2 is 1.48 bits per heavy atom. The molecule has 3 heteroatoms. The molecule has 0 radical (unpaired) electrons. The Labute approximate surface area is 152 Å². The monoisotopic (exact) mass is 436 g/mol. The summed E-state index contributed by atoms with van der Waals surface area (Å²) in [4.78, 5) is 0. The molecule has 0 saturated heterocycles. The fraction of sp³-hybridized carbons (Fsp3) is 0.667. The van der Waals surface area contributed by atoms with Crippen molar-refractivity contribution < 1.29 is 0 Å². The molecule has 0 aliphatic heterocycles. The maximum absolute atomic E-state index is 6.53. The average Bonchev–Trinajstić information content (AvgIpc) is 2.48. The third-order valence-electron chi connectivity index (χ3n) is 3.86. The van der Waals surface area contributed by atoms with Crippen LogP contribution >= 0.6 is 43.5 Å². The van der Waals surface area contributed by atoms with E-state index in [0.717, 1.165) is 15.4 Å². The summed E-state index contributed by atoms with van der Waals surface area (Å²) in [5.74, 6) is 0. The zero-order valence-corrected chi connectivity index (χ0v) is 16.9. The largest absolute Gasteiger partial charge is 0.118 e. The minimum Gasteiger partial charge on any atom is -0.118 e. The van der Waals surface area contributed by atoms with Crippen LogP contribution in [0.5, 0.6) is 0 Å². The van der Waals surface area contributed by atoms with Gasteiger partial charge < -0.3 is 0 Å². The van der Waals surface area contributed by atoms with Gasteiger partial charge in [-0.2, -0.15) is 0 Å². The zero-order chi connectivity index (χ0) is 15.5. The Morgan fingerprint density at radius 1 is 0.905 bits per heavy atom. The summed E-state index contributed by atoms with van der Waals surface area (Å²) in [6.07, 6.45) is 13.3. The minimum absolute atomic E-state index is 0.112. The molecule has 0 aliphatic rings. The number of rotatable bonds is 11. The van der Waals surface area contributed by atoms with Crippen LogP contribution in [0.25, 0.3) is 0 Å². The maximum atomic E-state index is 6.53. The standard InChI is InChI=1S/C18H27Br2Cl/c1-2-3-4-5-6-7-8-9-10-11-18(21)16-14-15(19)12-13-17(16)20/h12-14,18H,2-11H2,1H3. The second-order valence-corrected chi connectivity index (χ2v) is 8.05. The number of unbranched alkanes of at least 4 members (excludes halogenated alkanes) is 8. The first-order valence-electron chi connectivity index (χ1n) is 8.24. The topological polar surface area (TPSA) is 0 Å². The Kier molecular flexibility index (Phi) is 11.1. The Balaban J connectivity index is 2.11. The zero-order valence-electron chi connectivity index (χ0n) is 13.0. The summed E-state index contributed by atoms with van der Waals surface area (Å²) < 4.78 is 2.21. The van der Waals surface area contributed by atoms with E-state index in [0.29, 0.717) is 0 Å². The van der Waals surface area contributed by atoms with Gasteiger partial charge in [-0.15, -0.1) is 11.6 Å². The number of hydrogen-bond donors (Lipinski definition) is 0. The van der Waals surface area contributed by atoms with E-state index in [1.165, 1.54) is 63.4 Å². The highest BCUT2D eigenvalue weighted by atomic mass is 79.9. The lowest BCUT2D eigenvalue weighted by molar-refractivity contribution is 0.554. The van der Waals surface area contributed by atoms with E-state index in [1.807, 2.05) is 6.07 Å². The molecular formula is C18H27Br2Cl. The molecule has 1 aromatic rings. The maximum Gasteiger partial charge on any atom is 0.0596 e. The van der Waals surface area contributed by atoms with Crippen LogP contribution in [-0.4, -0.2) is 0 Å². The van der Waals surface area contributed by atoms with Crippen LogP contribution in [0.3, 0.4) is 0 Å². The van der Waals surface area contributed by atoms with Gasteiger partial charge in [0.15, 0.2) is 0 Å². The summed E-state index contributed by atoms with van der Waals surface area (Å²) in [7, 11) is 0. The van der Waals surface area contributed by atoms with Gasteiger partial charge in [0.05, 0.1) is 5.38 Å². The Hall–Kier alpha value is 0.470. The normalized spacial score (nSPS) is 12.6. The first-order valence-corrected chi connectivity index (χ1v) is 10.3. The third-order valence-corrected chi connectivity index (χ3v) is 5.53. The number of alkyl halides is 1. The molecule has 0 amide bonds. The summed E-state index contributed by atoms with van der Waals surface area (Å²) in [5, 5.41) is 0.112. The van der Waals surface area contributed by atoms with Crippen LogP contribution in [-0.2, 0) is 0 Å². The van der Waals surface area contributed by atoms with Crippen LogP contribution in [0.2, 0.25) is 0 Å². The summed E-state index contributed by atoms with van der Waals surface area (Å²) in [6, 6.07) is 6.22. The highest BCUT2D eigenvalue weighted by Gasteiger charge is 2.11. The van der Waals surface area contributed by atoms with Gasteiger partial charge >= 0.3 is 0 Å². The van der Waals surface area contributed by atoms with E-state index >= 15 is 0 Å². The van der Waals surface area contributed by atoms with Gasteiger partial charge in [-0.25, -0.2) is 0 Å². The summed E-state index contributed by atoms with van der Waals surface area (Å²) >= 11 is 13.6. The van der Waals surface area contributed by atoms with Gasteiger partial charge in [0, 0.05) is 8.95 Å². The van der Waals surface area contributed by atoms with E-state index in [4.69, 9.17) is 11.6 Å². The molecule has 0 nitrogen and oxygen atoms in total. The molecule has 0 aromatic heterocycles. The van der Waals surface area contributed by atoms with Crippen LogP contribution in [0.15, 0.2) is 27.1 Å². The molecule has 0 N–H and O–H groups in total. The molecule has 120 valence electrons. The number of halogens is 3. The van der Waals surface area contributed by atoms with Crippen LogP contribution in [0, 0.1) is 0 Å². The number of benzene rings is 1. The predicted octanol–water partition coefficient (Wildman–Crippen LogP) is 8.41. The van der Waals surface area contributed by atoms with Gasteiger partial charge in [-0.1, -0.05) is 96.6 Å². The lowest BCUT2D eigenvalue weighted by Crippen LogP contribution is -1.93. The van der Waals surface area contributed by atoms with Crippen molar-refractivity contribution in [2.45, 2.75) is 76.5 Å². The van der Waals surface area contributed by atoms with E-state index in [9.17, 15) is 0 Å². The summed E-state index contributed by atoms with van der Waals surface area (Å²) in [6.45, 7) is 2.27. The fourth-order valence-electron chi connectivity index (χ4n) is 2.54. The Bertz CT molecular complexity index is 393. The van der Waals surface area contributed by atoms with E-state index in [-0.39, 0.29) is 5.38 Å². The van der Waals surface area contributed by atoms with Crippen molar-refractivity contribution in [3.8, 4) is 0 Å². The first kappa shape index (κ1) is 19.5. The van der Waals surface area contributed by atoms with Crippen molar-refractivity contribution in [2.75, 3.05) is 0 Å². The third kappa shape index (κ3) is 8.62. The summed E-state index contributed by atoms with van der Waals surface area (Å²) in [5.41, 5.74) is 1.20. The van der Waals surface area contributed by atoms with Gasteiger partial charge in [-0.3, -0.25) is 0 Å². The van der Waals surface area contributed by atoms with Crippen LogP contribution < -0.4 is 0 Å². The lowest BCUT2D eigenvalue weighted by Gasteiger charge is -2.12. The van der Waals surface area contributed by atoms with E-state index in [2.05, 4.69) is 50.9 Å². The average molecular weight is 439 g/mol. The van der Waals surface area contributed by atoms with E-state index in [1.54, 1.807) is 0 Å². The fourth-order valence-corrected chi connectivity index (χ4v) is 3.91. The number of hydrogen-bond acceptors (Lipinski definition) is 0. The minimum atomic E-state index is 0.112. The highest BCUT2D eigenvalue weighted by molar-refractivity contribution is 9.11. The van der Waals surface area contributed by atoms with Crippen molar-refractivity contribution in [3.05, 3.63) is 32.7 Å². The smallest absolute Gasteiger partial charge is 0.0596 e. The molecule has 0 aliphatic carbocycles. The van der Waals surface area contributed by atoms with Gasteiger partial charge in [0.1, 0.15) is 0 Å². The lowest BCUT2D eigenvalue weighted by atomic mass is 10.0. The molecule has 0 spiro atoms. The predicted molar refractivity (Wildman–Crippen MR) is 102 cm³/mol. The molecule has 0 bridgehead atoms. The van der Waals surface area contributed by atoms with Crippen molar-refractivity contribution in [1.82, 2.24) is 0 Å². The van der Waals surface area contributed by atoms with Gasteiger partial charge in [-0.05, 0) is 30.2 Å².